The fourth-order valence-electron chi connectivity index (χ4n) is 3.85. The van der Waals surface area contributed by atoms with Crippen LogP contribution in [0.15, 0.2) is 87.6 Å². The highest BCUT2D eigenvalue weighted by molar-refractivity contribution is 8.18. The van der Waals surface area contributed by atoms with Crippen molar-refractivity contribution < 1.29 is 9.53 Å². The maximum atomic E-state index is 12.8. The van der Waals surface area contributed by atoms with Crippen LogP contribution in [0.4, 0.5) is 17.1 Å². The van der Waals surface area contributed by atoms with E-state index < -0.39 is 0 Å². The number of ether oxygens (including phenoxy) is 1. The van der Waals surface area contributed by atoms with Crippen molar-refractivity contribution >= 4 is 52.5 Å². The summed E-state index contributed by atoms with van der Waals surface area (Å²) in [5.74, 6) is 0.805. The number of nitriles is 1. The van der Waals surface area contributed by atoms with Crippen molar-refractivity contribution in [2.24, 2.45) is 4.99 Å². The maximum Gasteiger partial charge on any atom is 0.266 e. The minimum absolute atomic E-state index is 0.0495. The second-order valence-corrected chi connectivity index (χ2v) is 10.1. The third-order valence-corrected chi connectivity index (χ3v) is 7.17. The van der Waals surface area contributed by atoms with Crippen LogP contribution in [0.3, 0.4) is 0 Å². The predicted molar refractivity (Wildman–Crippen MR) is 165 cm³/mol. The lowest BCUT2D eigenvalue weighted by molar-refractivity contribution is -0.122. The Morgan fingerprint density at radius 3 is 2.49 bits per heavy atom. The Labute approximate surface area is 240 Å². The van der Waals surface area contributed by atoms with Crippen molar-refractivity contribution in [3.63, 3.8) is 0 Å². The predicted octanol–water partition coefficient (Wildman–Crippen LogP) is 6.71. The molecule has 0 unspecified atom stereocenters. The molecule has 7 nitrogen and oxygen atoms in total. The van der Waals surface area contributed by atoms with E-state index in [0.717, 1.165) is 34.1 Å². The smallest absolute Gasteiger partial charge is 0.266 e. The van der Waals surface area contributed by atoms with Gasteiger partial charge in [-0.2, -0.15) is 5.26 Å². The average molecular weight is 560 g/mol. The van der Waals surface area contributed by atoms with Gasteiger partial charge in [0, 0.05) is 25.5 Å². The number of carbonyl (C=O) groups excluding carboxylic acids is 1. The van der Waals surface area contributed by atoms with Gasteiger partial charge in [-0.05, 0) is 61.5 Å². The fourth-order valence-corrected chi connectivity index (χ4v) is 5.16. The quantitative estimate of drug-likeness (QED) is 0.247. The molecule has 1 aliphatic heterocycles. The van der Waals surface area contributed by atoms with Crippen LogP contribution in [0.25, 0.3) is 0 Å². The molecule has 1 N–H and O–H groups in total. The molecule has 1 aliphatic rings. The van der Waals surface area contributed by atoms with Gasteiger partial charge in [-0.3, -0.25) is 9.69 Å². The van der Waals surface area contributed by atoms with Crippen LogP contribution in [0.2, 0.25) is 0 Å². The zero-order valence-electron chi connectivity index (χ0n) is 22.8. The number of amides is 1. The molecule has 4 rings (SSSR count). The molecule has 3 aromatic rings. The number of methoxy groups -OCH3 is 1. The summed E-state index contributed by atoms with van der Waals surface area (Å²) >= 11 is 5.70. The zero-order chi connectivity index (χ0) is 28.4. The lowest BCUT2D eigenvalue weighted by atomic mass is 10.2. The summed E-state index contributed by atoms with van der Waals surface area (Å²) in [6.45, 7) is 5.05. The highest BCUT2D eigenvalue weighted by Gasteiger charge is 2.33. The normalized spacial score (nSPS) is 14.6. The van der Waals surface area contributed by atoms with E-state index in [1.807, 2.05) is 93.5 Å². The van der Waals surface area contributed by atoms with Gasteiger partial charge in [0.05, 0.1) is 47.3 Å². The molecular formula is C30H33N5O2S2. The summed E-state index contributed by atoms with van der Waals surface area (Å²) in [6, 6.07) is 23.1. The molecule has 0 aromatic heterocycles. The average Bonchev–Trinajstić information content (AvgIpc) is 3.23. The number of allylic oxidation sites excluding steroid dienone is 1. The molecular weight excluding hydrogens is 526 g/mol. The van der Waals surface area contributed by atoms with Gasteiger partial charge in [0.15, 0.2) is 5.17 Å². The van der Waals surface area contributed by atoms with E-state index >= 15 is 0 Å². The number of amidine groups is 1. The Morgan fingerprint density at radius 1 is 1.15 bits per heavy atom. The SMILES string of the molecule is C/C=C1\SC(=Nc2cc(C#N)ccc2NCC)N(Cc2ccccc2)C1=O.COc1cccc(S)c1N(C)C. The summed E-state index contributed by atoms with van der Waals surface area (Å²) in [5.41, 5.74) is 4.08. The van der Waals surface area contributed by atoms with Gasteiger partial charge in [-0.15, -0.1) is 12.6 Å². The van der Waals surface area contributed by atoms with E-state index in [1.165, 1.54) is 11.8 Å². The van der Waals surface area contributed by atoms with Crippen molar-refractivity contribution in [2.75, 3.05) is 38.0 Å². The molecule has 9 heteroatoms. The van der Waals surface area contributed by atoms with E-state index in [2.05, 4.69) is 24.0 Å². The number of nitrogens with one attached hydrogen (secondary N) is 1. The number of thioether (sulfide) groups is 1. The fraction of sp³-hybridized carbons (Fsp3) is 0.233. The van der Waals surface area contributed by atoms with Crippen LogP contribution in [0.5, 0.6) is 5.75 Å². The van der Waals surface area contributed by atoms with Gasteiger partial charge >= 0.3 is 0 Å². The molecule has 0 spiro atoms. The van der Waals surface area contributed by atoms with Crippen LogP contribution in [0.1, 0.15) is 25.0 Å². The first-order valence-corrected chi connectivity index (χ1v) is 13.7. The molecule has 0 bridgehead atoms. The molecule has 1 heterocycles. The second kappa shape index (κ2) is 14.3. The summed E-state index contributed by atoms with van der Waals surface area (Å²) in [5, 5.41) is 13.1. The molecule has 202 valence electrons. The van der Waals surface area contributed by atoms with Crippen LogP contribution in [0, 0.1) is 11.3 Å². The van der Waals surface area contributed by atoms with E-state index in [9.17, 15) is 10.1 Å². The molecule has 0 aliphatic carbocycles. The molecule has 39 heavy (non-hydrogen) atoms. The lowest BCUT2D eigenvalue weighted by Gasteiger charge is -2.18. The monoisotopic (exact) mass is 559 g/mol. The minimum atomic E-state index is -0.0495. The first kappa shape index (κ1) is 29.7. The Bertz CT molecular complexity index is 1400. The van der Waals surface area contributed by atoms with Crippen molar-refractivity contribution in [1.82, 2.24) is 4.90 Å². The summed E-state index contributed by atoms with van der Waals surface area (Å²) in [6.07, 6.45) is 1.81. The van der Waals surface area contributed by atoms with Gasteiger partial charge in [-0.25, -0.2) is 4.99 Å². The third kappa shape index (κ3) is 7.59. The number of rotatable bonds is 7. The largest absolute Gasteiger partial charge is 0.495 e. The molecule has 0 saturated carbocycles. The topological polar surface area (TPSA) is 81.0 Å². The van der Waals surface area contributed by atoms with E-state index in [1.54, 1.807) is 24.1 Å². The van der Waals surface area contributed by atoms with E-state index in [4.69, 9.17) is 9.73 Å². The standard InChI is InChI=1S/C21H20N4OS.C9H13NOS/c1-3-19-20(26)25(14-15-8-6-5-7-9-15)21(27-19)24-18-12-16(13-22)10-11-17(18)23-4-2;1-10(2)9-7(11-3)5-4-6-8(9)12/h3,5-12,23H,4,14H2,1-2H3;4-6,12H,1-3H3/b19-3-,24-21?;. The molecule has 1 saturated heterocycles. The number of benzene rings is 3. The number of nitrogens with zero attached hydrogens (tertiary/aromatic N) is 4. The Hall–Kier alpha value is -3.87. The van der Waals surface area contributed by atoms with Crippen LogP contribution >= 0.6 is 24.4 Å². The zero-order valence-corrected chi connectivity index (χ0v) is 24.5. The number of aliphatic imine (C=N–C) groups is 1. The van der Waals surface area contributed by atoms with Crippen LogP contribution < -0.4 is 15.0 Å². The number of thiol groups is 1. The number of carbonyl (C=O) groups is 1. The highest BCUT2D eigenvalue weighted by Crippen LogP contribution is 2.36. The van der Waals surface area contributed by atoms with Gasteiger partial charge in [-0.1, -0.05) is 42.5 Å². The summed E-state index contributed by atoms with van der Waals surface area (Å²) in [4.78, 5) is 22.8. The van der Waals surface area contributed by atoms with Crippen molar-refractivity contribution in [2.45, 2.75) is 25.3 Å². The van der Waals surface area contributed by atoms with Crippen LogP contribution in [-0.2, 0) is 11.3 Å². The maximum absolute atomic E-state index is 12.8. The number of hydrogen-bond acceptors (Lipinski definition) is 8. The Kier molecular flexibility index (Phi) is 10.9. The second-order valence-electron chi connectivity index (χ2n) is 8.62. The van der Waals surface area contributed by atoms with Crippen molar-refractivity contribution in [1.29, 1.82) is 5.26 Å². The first-order chi connectivity index (χ1) is 18.8. The van der Waals surface area contributed by atoms with Crippen LogP contribution in [-0.4, -0.2) is 43.7 Å². The molecule has 0 radical (unpaired) electrons. The molecule has 3 aromatic carbocycles. The van der Waals surface area contributed by atoms with Gasteiger partial charge in [0.1, 0.15) is 5.75 Å². The van der Waals surface area contributed by atoms with E-state index in [0.29, 0.717) is 27.9 Å². The molecule has 0 atom stereocenters. The van der Waals surface area contributed by atoms with Gasteiger partial charge < -0.3 is 15.0 Å². The van der Waals surface area contributed by atoms with Crippen molar-refractivity contribution in [3.8, 4) is 11.8 Å². The Balaban J connectivity index is 0.000000293. The van der Waals surface area contributed by atoms with Gasteiger partial charge in [0.2, 0.25) is 0 Å². The first-order valence-electron chi connectivity index (χ1n) is 12.4. The number of para-hydroxylation sites is 1. The van der Waals surface area contributed by atoms with Gasteiger partial charge in [0.25, 0.3) is 5.91 Å². The molecule has 1 fully saturated rings. The highest BCUT2D eigenvalue weighted by atomic mass is 32.2. The van der Waals surface area contributed by atoms with E-state index in [-0.39, 0.29) is 5.91 Å². The summed E-state index contributed by atoms with van der Waals surface area (Å²) in [7, 11) is 5.60. The van der Waals surface area contributed by atoms with Crippen molar-refractivity contribution in [3.05, 3.63) is 88.8 Å². The minimum Gasteiger partial charge on any atom is -0.495 e. The Morgan fingerprint density at radius 2 is 1.90 bits per heavy atom. The number of anilines is 2. The number of hydrogen-bond donors (Lipinski definition) is 2. The lowest BCUT2D eigenvalue weighted by Crippen LogP contribution is -2.28. The molecule has 1 amide bonds. The summed E-state index contributed by atoms with van der Waals surface area (Å²) < 4.78 is 5.20. The third-order valence-electron chi connectivity index (χ3n) is 5.69.